The molecule has 0 bridgehead atoms. The average Bonchev–Trinajstić information content (AvgIpc) is 2.30. The first-order chi connectivity index (χ1) is 8.43. The van der Waals surface area contributed by atoms with E-state index in [1.807, 2.05) is 13.8 Å². The van der Waals surface area contributed by atoms with Crippen molar-refractivity contribution < 1.29 is 14.3 Å². The lowest BCUT2D eigenvalue weighted by Crippen LogP contribution is -2.38. The Morgan fingerprint density at radius 1 is 1.50 bits per heavy atom. The van der Waals surface area contributed by atoms with E-state index in [1.165, 1.54) is 18.2 Å². The zero-order valence-corrected chi connectivity index (χ0v) is 12.0. The zero-order valence-electron chi connectivity index (χ0n) is 10.4. The van der Waals surface area contributed by atoms with Crippen LogP contribution in [0.5, 0.6) is 0 Å². The largest absolute Gasteiger partial charge is 0.394 e. The van der Waals surface area contributed by atoms with E-state index in [2.05, 4.69) is 21.2 Å². The van der Waals surface area contributed by atoms with Crippen LogP contribution in [0.15, 0.2) is 22.7 Å². The Bertz CT molecular complexity index is 423. The van der Waals surface area contributed by atoms with Crippen molar-refractivity contribution in [1.29, 1.82) is 0 Å². The molecule has 100 valence electrons. The van der Waals surface area contributed by atoms with E-state index in [-0.39, 0.29) is 24.1 Å². The van der Waals surface area contributed by atoms with Gasteiger partial charge in [-0.1, -0.05) is 13.8 Å². The van der Waals surface area contributed by atoms with Crippen LogP contribution in [0.2, 0.25) is 0 Å². The van der Waals surface area contributed by atoms with Crippen LogP contribution in [0.1, 0.15) is 30.6 Å². The molecule has 1 atom stereocenters. The van der Waals surface area contributed by atoms with Crippen molar-refractivity contribution in [3.63, 3.8) is 0 Å². The number of aliphatic hydroxyl groups excluding tert-OH is 1. The van der Waals surface area contributed by atoms with Crippen LogP contribution in [0.4, 0.5) is 4.39 Å². The number of rotatable bonds is 5. The summed E-state index contributed by atoms with van der Waals surface area (Å²) in [5.41, 5.74) is 0.234. The lowest BCUT2D eigenvalue weighted by molar-refractivity contribution is 0.0907. The molecule has 0 radical (unpaired) electrons. The van der Waals surface area contributed by atoms with E-state index in [0.717, 1.165) is 0 Å². The lowest BCUT2D eigenvalue weighted by atomic mass is 10.0. The van der Waals surface area contributed by atoms with Crippen LogP contribution < -0.4 is 5.32 Å². The molecule has 0 fully saturated rings. The molecule has 1 rings (SSSR count). The van der Waals surface area contributed by atoms with Crippen LogP contribution in [0.25, 0.3) is 0 Å². The van der Waals surface area contributed by atoms with Crippen molar-refractivity contribution >= 4 is 21.8 Å². The highest BCUT2D eigenvalue weighted by molar-refractivity contribution is 9.10. The number of aliphatic hydroxyl groups is 1. The minimum Gasteiger partial charge on any atom is -0.394 e. The Hall–Kier alpha value is -0.940. The Kier molecular flexibility index (Phi) is 5.75. The minimum atomic E-state index is -0.465. The van der Waals surface area contributed by atoms with Gasteiger partial charge in [-0.05, 0) is 46.5 Å². The molecule has 0 saturated carbocycles. The van der Waals surface area contributed by atoms with Gasteiger partial charge < -0.3 is 10.4 Å². The van der Waals surface area contributed by atoms with Crippen molar-refractivity contribution in [3.05, 3.63) is 34.1 Å². The third kappa shape index (κ3) is 4.38. The highest BCUT2D eigenvalue weighted by Crippen LogP contribution is 2.18. The quantitative estimate of drug-likeness (QED) is 0.877. The maximum atomic E-state index is 13.1. The first-order valence-corrected chi connectivity index (χ1v) is 6.60. The molecule has 0 aliphatic rings. The standard InChI is InChI=1S/C13H17BrFNO2/c1-8(2)5-10(7-17)16-13(18)11-6-9(15)3-4-12(11)14/h3-4,6,8,10,17H,5,7H2,1-2H3,(H,16,18). The topological polar surface area (TPSA) is 49.3 Å². The van der Waals surface area contributed by atoms with Gasteiger partial charge in [-0.25, -0.2) is 4.39 Å². The third-order valence-corrected chi connectivity index (χ3v) is 3.18. The smallest absolute Gasteiger partial charge is 0.252 e. The minimum absolute atomic E-state index is 0.128. The molecule has 3 nitrogen and oxygen atoms in total. The normalized spacial score (nSPS) is 12.6. The maximum absolute atomic E-state index is 13.1. The molecular formula is C13H17BrFNO2. The molecule has 0 spiro atoms. The highest BCUT2D eigenvalue weighted by Gasteiger charge is 2.16. The number of carbonyl (C=O) groups is 1. The number of amides is 1. The number of hydrogen-bond acceptors (Lipinski definition) is 2. The van der Waals surface area contributed by atoms with Gasteiger partial charge in [0.1, 0.15) is 5.82 Å². The molecule has 0 aromatic heterocycles. The van der Waals surface area contributed by atoms with E-state index in [4.69, 9.17) is 0 Å². The molecular weight excluding hydrogens is 301 g/mol. The van der Waals surface area contributed by atoms with Crippen LogP contribution >= 0.6 is 15.9 Å². The van der Waals surface area contributed by atoms with Gasteiger partial charge in [-0.3, -0.25) is 4.79 Å². The number of carbonyl (C=O) groups excluding carboxylic acids is 1. The summed E-state index contributed by atoms with van der Waals surface area (Å²) < 4.78 is 13.6. The van der Waals surface area contributed by atoms with Crippen LogP contribution in [0, 0.1) is 11.7 Å². The van der Waals surface area contributed by atoms with Crippen molar-refractivity contribution in [2.24, 2.45) is 5.92 Å². The Morgan fingerprint density at radius 3 is 2.72 bits per heavy atom. The molecule has 1 aromatic carbocycles. The van der Waals surface area contributed by atoms with Crippen LogP contribution in [-0.2, 0) is 0 Å². The molecule has 0 aliphatic carbocycles. The second-order valence-electron chi connectivity index (χ2n) is 4.61. The van der Waals surface area contributed by atoms with Crippen LogP contribution in [-0.4, -0.2) is 23.7 Å². The van der Waals surface area contributed by atoms with Crippen LogP contribution in [0.3, 0.4) is 0 Å². The number of halogens is 2. The van der Waals surface area contributed by atoms with E-state index in [9.17, 15) is 14.3 Å². The second-order valence-corrected chi connectivity index (χ2v) is 5.46. The van der Waals surface area contributed by atoms with Gasteiger partial charge >= 0.3 is 0 Å². The van der Waals surface area contributed by atoms with Crippen molar-refractivity contribution in [2.75, 3.05) is 6.61 Å². The SMILES string of the molecule is CC(C)CC(CO)NC(=O)c1cc(F)ccc1Br. The summed E-state index contributed by atoms with van der Waals surface area (Å²) in [4.78, 5) is 11.9. The maximum Gasteiger partial charge on any atom is 0.252 e. The predicted molar refractivity (Wildman–Crippen MR) is 71.9 cm³/mol. The molecule has 0 heterocycles. The van der Waals surface area contributed by atoms with Gasteiger partial charge in [-0.2, -0.15) is 0 Å². The number of benzene rings is 1. The summed E-state index contributed by atoms with van der Waals surface area (Å²) in [6.45, 7) is 3.89. The first-order valence-electron chi connectivity index (χ1n) is 5.80. The van der Waals surface area contributed by atoms with Gasteiger partial charge in [-0.15, -0.1) is 0 Å². The predicted octanol–water partition coefficient (Wildman–Crippen LogP) is 2.73. The summed E-state index contributed by atoms with van der Waals surface area (Å²) in [6, 6.07) is 3.62. The molecule has 0 aliphatic heterocycles. The second kappa shape index (κ2) is 6.85. The van der Waals surface area contributed by atoms with Crippen molar-refractivity contribution in [3.8, 4) is 0 Å². The molecule has 1 unspecified atom stereocenters. The number of hydrogen-bond donors (Lipinski definition) is 2. The third-order valence-electron chi connectivity index (χ3n) is 2.48. The monoisotopic (exact) mass is 317 g/mol. The van der Waals surface area contributed by atoms with E-state index in [1.54, 1.807) is 0 Å². The van der Waals surface area contributed by atoms with Gasteiger partial charge in [0.25, 0.3) is 5.91 Å². The van der Waals surface area contributed by atoms with Crippen molar-refractivity contribution in [2.45, 2.75) is 26.3 Å². The average molecular weight is 318 g/mol. The number of nitrogens with one attached hydrogen (secondary N) is 1. The molecule has 1 amide bonds. The van der Waals surface area contributed by atoms with Crippen molar-refractivity contribution in [1.82, 2.24) is 5.32 Å². The molecule has 2 N–H and O–H groups in total. The summed E-state index contributed by atoms with van der Waals surface area (Å²) in [7, 11) is 0. The van der Waals surface area contributed by atoms with Gasteiger partial charge in [0.15, 0.2) is 0 Å². The molecule has 0 saturated heterocycles. The Labute approximate surface area is 115 Å². The highest BCUT2D eigenvalue weighted by atomic mass is 79.9. The summed E-state index contributed by atoms with van der Waals surface area (Å²) in [6.07, 6.45) is 0.676. The summed E-state index contributed by atoms with van der Waals surface area (Å²) >= 11 is 3.20. The van der Waals surface area contributed by atoms with Gasteiger partial charge in [0.05, 0.1) is 18.2 Å². The van der Waals surface area contributed by atoms with E-state index in [0.29, 0.717) is 16.8 Å². The lowest BCUT2D eigenvalue weighted by Gasteiger charge is -2.18. The van der Waals surface area contributed by atoms with Gasteiger partial charge in [0, 0.05) is 4.47 Å². The Morgan fingerprint density at radius 2 is 2.17 bits per heavy atom. The molecule has 18 heavy (non-hydrogen) atoms. The van der Waals surface area contributed by atoms with Gasteiger partial charge in [0.2, 0.25) is 0 Å². The summed E-state index contributed by atoms with van der Waals surface area (Å²) in [5.74, 6) is -0.493. The fourth-order valence-electron chi connectivity index (χ4n) is 1.68. The zero-order chi connectivity index (χ0) is 13.7. The molecule has 1 aromatic rings. The fourth-order valence-corrected chi connectivity index (χ4v) is 2.11. The molecule has 5 heteroatoms. The first kappa shape index (κ1) is 15.1. The van der Waals surface area contributed by atoms with E-state index >= 15 is 0 Å². The van der Waals surface area contributed by atoms with E-state index < -0.39 is 5.82 Å². The fraction of sp³-hybridized carbons (Fsp3) is 0.462. The Balaban J connectivity index is 2.77. The summed E-state index contributed by atoms with van der Waals surface area (Å²) in [5, 5.41) is 11.9.